The van der Waals surface area contributed by atoms with Gasteiger partial charge < -0.3 is 25.0 Å². The highest BCUT2D eigenvalue weighted by Gasteiger charge is 2.42. The fraction of sp³-hybridized carbons (Fsp3) is 0.455. The van der Waals surface area contributed by atoms with E-state index in [1.54, 1.807) is 0 Å². The largest absolute Gasteiger partial charge is 0.506 e. The van der Waals surface area contributed by atoms with E-state index in [1.165, 1.54) is 12.8 Å². The van der Waals surface area contributed by atoms with Crippen LogP contribution in [0.1, 0.15) is 35.7 Å². The van der Waals surface area contributed by atoms with Gasteiger partial charge in [-0.1, -0.05) is 19.1 Å². The summed E-state index contributed by atoms with van der Waals surface area (Å²) in [6.45, 7) is 6.23. The highest BCUT2D eigenvalue weighted by Crippen LogP contribution is 2.41. The van der Waals surface area contributed by atoms with Crippen molar-refractivity contribution in [2.75, 3.05) is 38.1 Å². The van der Waals surface area contributed by atoms with Crippen molar-refractivity contribution in [3.05, 3.63) is 45.7 Å². The predicted octanol–water partition coefficient (Wildman–Crippen LogP) is 2.54. The predicted molar refractivity (Wildman–Crippen MR) is 112 cm³/mol. The molecule has 0 amide bonds. The van der Waals surface area contributed by atoms with Gasteiger partial charge >= 0.3 is 5.97 Å². The van der Waals surface area contributed by atoms with Gasteiger partial charge in [0.2, 0.25) is 0 Å². The van der Waals surface area contributed by atoms with E-state index in [2.05, 4.69) is 21.8 Å². The summed E-state index contributed by atoms with van der Waals surface area (Å²) < 4.78 is 0. The second kappa shape index (κ2) is 7.22. The number of carboxylic acid groups (broad SMARTS) is 1. The van der Waals surface area contributed by atoms with Gasteiger partial charge in [0.25, 0.3) is 5.56 Å². The highest BCUT2D eigenvalue weighted by atomic mass is 16.4. The maximum Gasteiger partial charge on any atom is 0.345 e. The minimum Gasteiger partial charge on any atom is -0.506 e. The number of aromatic nitrogens is 1. The molecule has 2 aliphatic heterocycles. The minimum absolute atomic E-state index is 0.395. The molecular formula is C22H27N3O4. The average Bonchev–Trinajstić information content (AvgIpc) is 3.27. The van der Waals surface area contributed by atoms with Crippen molar-refractivity contribution >= 4 is 11.7 Å². The first kappa shape index (κ1) is 19.5. The number of likely N-dealkylation sites (tertiary alicyclic amines) is 1. The summed E-state index contributed by atoms with van der Waals surface area (Å²) in [5.41, 5.74) is 1.80. The summed E-state index contributed by atoms with van der Waals surface area (Å²) in [5.74, 6) is -1.88. The normalized spacial score (nSPS) is 21.9. The van der Waals surface area contributed by atoms with Crippen LogP contribution < -0.4 is 10.5 Å². The number of hydrogen-bond acceptors (Lipinski definition) is 5. The van der Waals surface area contributed by atoms with E-state index < -0.39 is 22.8 Å². The summed E-state index contributed by atoms with van der Waals surface area (Å²) in [4.78, 5) is 30.9. The molecule has 0 saturated carbocycles. The van der Waals surface area contributed by atoms with E-state index in [0.717, 1.165) is 37.4 Å². The van der Waals surface area contributed by atoms with Crippen LogP contribution in [0.3, 0.4) is 0 Å². The lowest BCUT2D eigenvalue weighted by Gasteiger charge is -2.25. The third-order valence-electron chi connectivity index (χ3n) is 6.45. The number of aromatic carboxylic acids is 1. The van der Waals surface area contributed by atoms with Gasteiger partial charge in [0.15, 0.2) is 5.56 Å². The van der Waals surface area contributed by atoms with Crippen LogP contribution in [0, 0.1) is 5.41 Å². The van der Waals surface area contributed by atoms with E-state index in [0.29, 0.717) is 23.1 Å². The Kier molecular flexibility index (Phi) is 4.86. The van der Waals surface area contributed by atoms with E-state index in [9.17, 15) is 19.8 Å². The molecule has 7 nitrogen and oxygen atoms in total. The number of nitrogens with one attached hydrogen (secondary N) is 1. The van der Waals surface area contributed by atoms with Crippen LogP contribution in [-0.4, -0.2) is 59.3 Å². The molecule has 3 N–H and O–H groups in total. The molecule has 154 valence electrons. The maximum atomic E-state index is 12.2. The molecule has 7 heteroatoms. The summed E-state index contributed by atoms with van der Waals surface area (Å²) in [7, 11) is 2.18. The van der Waals surface area contributed by atoms with Gasteiger partial charge in [-0.05, 0) is 50.6 Å². The molecule has 2 saturated heterocycles. The minimum atomic E-state index is -1.43. The van der Waals surface area contributed by atoms with E-state index >= 15 is 0 Å². The van der Waals surface area contributed by atoms with Crippen molar-refractivity contribution < 1.29 is 15.0 Å². The quantitative estimate of drug-likeness (QED) is 0.734. The third-order valence-corrected chi connectivity index (χ3v) is 6.45. The molecule has 1 aromatic heterocycles. The van der Waals surface area contributed by atoms with E-state index in [-0.39, 0.29) is 0 Å². The van der Waals surface area contributed by atoms with Gasteiger partial charge in [0.05, 0.1) is 5.69 Å². The monoisotopic (exact) mass is 397 g/mol. The number of pyridine rings is 1. The summed E-state index contributed by atoms with van der Waals surface area (Å²) in [5, 5.41) is 19.5. The highest BCUT2D eigenvalue weighted by molar-refractivity contribution is 5.92. The number of aromatic amines is 1. The van der Waals surface area contributed by atoms with Gasteiger partial charge in [-0.15, -0.1) is 0 Å². The molecule has 0 aliphatic carbocycles. The maximum absolute atomic E-state index is 12.2. The molecule has 29 heavy (non-hydrogen) atoms. The standard InChI is InChI=1S/C22H27N3O4/c1-3-16-18(23-20(27)17(19(16)26)21(28)29)14-4-6-15(7-5-14)25-11-9-22(13-25)8-10-24(2)12-22/h4-7H,3,8-13H2,1-2H3,(H,28,29)(H2,23,26,27). The van der Waals surface area contributed by atoms with Crippen LogP contribution in [-0.2, 0) is 6.42 Å². The molecule has 2 fully saturated rings. The van der Waals surface area contributed by atoms with E-state index in [1.807, 2.05) is 31.2 Å². The number of H-pyrrole nitrogens is 1. The van der Waals surface area contributed by atoms with Crippen molar-refractivity contribution in [1.29, 1.82) is 0 Å². The van der Waals surface area contributed by atoms with Crippen LogP contribution in [0.4, 0.5) is 5.69 Å². The number of carbonyl (C=O) groups is 1. The Morgan fingerprint density at radius 2 is 1.86 bits per heavy atom. The first-order chi connectivity index (χ1) is 13.8. The molecule has 0 radical (unpaired) electrons. The second-order valence-corrected chi connectivity index (χ2v) is 8.40. The van der Waals surface area contributed by atoms with Gasteiger partial charge in [-0.25, -0.2) is 4.79 Å². The zero-order valence-corrected chi connectivity index (χ0v) is 16.9. The molecule has 3 heterocycles. The van der Waals surface area contributed by atoms with Crippen molar-refractivity contribution in [3.8, 4) is 17.0 Å². The number of carboxylic acids is 1. The lowest BCUT2D eigenvalue weighted by Crippen LogP contribution is -2.29. The number of rotatable bonds is 4. The van der Waals surface area contributed by atoms with Crippen molar-refractivity contribution in [2.24, 2.45) is 5.41 Å². The van der Waals surface area contributed by atoms with E-state index in [4.69, 9.17) is 0 Å². The molecule has 2 aliphatic rings. The Hall–Kier alpha value is -2.80. The van der Waals surface area contributed by atoms with Crippen LogP contribution >= 0.6 is 0 Å². The lowest BCUT2D eigenvalue weighted by molar-refractivity contribution is 0.0691. The van der Waals surface area contributed by atoms with Crippen molar-refractivity contribution in [2.45, 2.75) is 26.2 Å². The van der Waals surface area contributed by atoms with Gasteiger partial charge in [-0.2, -0.15) is 0 Å². The molecule has 0 bridgehead atoms. The number of benzene rings is 1. The van der Waals surface area contributed by atoms with Crippen LogP contribution in [0.15, 0.2) is 29.1 Å². The summed E-state index contributed by atoms with van der Waals surface area (Å²) >= 11 is 0. The number of hydrogen-bond donors (Lipinski definition) is 3. The molecule has 1 spiro atoms. The van der Waals surface area contributed by atoms with Gasteiger partial charge in [0, 0.05) is 36.3 Å². The molecule has 1 atom stereocenters. The molecule has 2 aromatic rings. The Morgan fingerprint density at radius 3 is 2.45 bits per heavy atom. The molecule has 1 unspecified atom stereocenters. The summed E-state index contributed by atoms with van der Waals surface area (Å²) in [6.07, 6.45) is 2.85. The van der Waals surface area contributed by atoms with Crippen LogP contribution in [0.2, 0.25) is 0 Å². The Bertz CT molecular complexity index is 998. The molecule has 4 rings (SSSR count). The first-order valence-electron chi connectivity index (χ1n) is 10.1. The third kappa shape index (κ3) is 3.40. The fourth-order valence-corrected chi connectivity index (χ4v) is 4.90. The fourth-order valence-electron chi connectivity index (χ4n) is 4.90. The van der Waals surface area contributed by atoms with Crippen molar-refractivity contribution in [1.82, 2.24) is 9.88 Å². The topological polar surface area (TPSA) is 96.9 Å². The average molecular weight is 397 g/mol. The smallest absolute Gasteiger partial charge is 0.345 e. The van der Waals surface area contributed by atoms with Crippen LogP contribution in [0.5, 0.6) is 5.75 Å². The first-order valence-corrected chi connectivity index (χ1v) is 10.1. The van der Waals surface area contributed by atoms with Gasteiger partial charge in [0.1, 0.15) is 5.75 Å². The molecule has 1 aromatic carbocycles. The Balaban J connectivity index is 1.62. The Labute approximate surface area is 169 Å². The Morgan fingerprint density at radius 1 is 1.17 bits per heavy atom. The number of aromatic hydroxyl groups is 1. The van der Waals surface area contributed by atoms with Gasteiger partial charge in [-0.3, -0.25) is 4.79 Å². The number of nitrogens with zero attached hydrogens (tertiary/aromatic N) is 2. The zero-order chi connectivity index (χ0) is 20.8. The van der Waals surface area contributed by atoms with Crippen molar-refractivity contribution in [3.63, 3.8) is 0 Å². The second-order valence-electron chi connectivity index (χ2n) is 8.40. The zero-order valence-electron chi connectivity index (χ0n) is 16.9. The summed E-state index contributed by atoms with van der Waals surface area (Å²) in [6, 6.07) is 7.91. The SMILES string of the molecule is CCc1c(-c2ccc(N3CCC4(CCN(C)C4)C3)cc2)[nH]c(=O)c(C(=O)O)c1O. The molecular weight excluding hydrogens is 370 g/mol. The van der Waals surface area contributed by atoms with Crippen LogP contribution in [0.25, 0.3) is 11.3 Å². The number of anilines is 1. The lowest BCUT2D eigenvalue weighted by atomic mass is 9.86.